The molecule has 0 bridgehead atoms. The number of hydrogen-bond donors (Lipinski definition) is 3. The summed E-state index contributed by atoms with van der Waals surface area (Å²) in [5.41, 5.74) is 2.88. The van der Waals surface area contributed by atoms with Crippen molar-refractivity contribution < 1.29 is 19.4 Å². The Morgan fingerprint density at radius 1 is 1.23 bits per heavy atom. The zero-order valence-corrected chi connectivity index (χ0v) is 16.9. The zero-order valence-electron chi connectivity index (χ0n) is 16.1. The van der Waals surface area contributed by atoms with E-state index in [-0.39, 0.29) is 17.6 Å². The average molecular weight is 376 g/mol. The van der Waals surface area contributed by atoms with E-state index in [1.165, 1.54) is 9.78 Å². The predicted molar refractivity (Wildman–Crippen MR) is 103 cm³/mol. The van der Waals surface area contributed by atoms with Gasteiger partial charge >= 0.3 is 0 Å². The van der Waals surface area contributed by atoms with Crippen LogP contribution in [0.4, 0.5) is 0 Å². The van der Waals surface area contributed by atoms with Crippen LogP contribution in [0.2, 0.25) is 0 Å². The van der Waals surface area contributed by atoms with E-state index in [9.17, 15) is 9.59 Å². The molecule has 1 saturated heterocycles. The largest absolute Gasteiger partial charge is 0.355 e. The number of carbonyl (C=O) groups excluding carboxylic acids is 2. The minimum atomic E-state index is -0.0881. The first-order chi connectivity index (χ1) is 12.4. The fourth-order valence-corrected chi connectivity index (χ4v) is 4.90. The lowest BCUT2D eigenvalue weighted by Gasteiger charge is -2.32. The first-order valence-electron chi connectivity index (χ1n) is 9.33. The highest BCUT2D eigenvalue weighted by Crippen LogP contribution is 2.19. The molecule has 1 aliphatic rings. The quantitative estimate of drug-likeness (QED) is 0.642. The second-order valence-electron chi connectivity index (χ2n) is 7.43. The Balaban J connectivity index is 1.63. The van der Waals surface area contributed by atoms with Crippen LogP contribution in [-0.2, 0) is 6.54 Å². The lowest BCUT2D eigenvalue weighted by Crippen LogP contribution is -3.29. The Bertz CT molecular complexity index is 786. The standard InChI is InChI=1S/C20H27N3O2S/c1-13-18(16(4)24)14(2)21-19(13)20(25)15(3)23-9-7-22(8-10-23)12-17-6-5-11-26-17/h5-6,11,15,21H,7-10,12H2,1-4H3/p+2/t15-/m1/s1. The van der Waals surface area contributed by atoms with Crippen LogP contribution in [0.15, 0.2) is 17.5 Å². The van der Waals surface area contributed by atoms with Crippen molar-refractivity contribution in [1.82, 2.24) is 4.98 Å². The molecule has 26 heavy (non-hydrogen) atoms. The molecular weight excluding hydrogens is 346 g/mol. The number of rotatable bonds is 6. The molecule has 5 nitrogen and oxygen atoms in total. The van der Waals surface area contributed by atoms with Crippen molar-refractivity contribution in [2.24, 2.45) is 0 Å². The predicted octanol–water partition coefficient (Wildman–Crippen LogP) is 0.450. The maximum atomic E-state index is 13.0. The molecule has 2 aromatic heterocycles. The summed E-state index contributed by atoms with van der Waals surface area (Å²) in [6.45, 7) is 12.6. The van der Waals surface area contributed by atoms with E-state index in [4.69, 9.17) is 0 Å². The number of nitrogens with one attached hydrogen (secondary N) is 3. The molecule has 0 amide bonds. The lowest BCUT2D eigenvalue weighted by atomic mass is 10.0. The van der Waals surface area contributed by atoms with E-state index in [0.717, 1.165) is 44.0 Å². The van der Waals surface area contributed by atoms with Crippen molar-refractivity contribution in [3.05, 3.63) is 44.9 Å². The Kier molecular flexibility index (Phi) is 5.75. The second-order valence-corrected chi connectivity index (χ2v) is 8.46. The van der Waals surface area contributed by atoms with Gasteiger partial charge < -0.3 is 14.8 Å². The average Bonchev–Trinajstić information content (AvgIpc) is 3.21. The molecule has 0 aliphatic carbocycles. The third kappa shape index (κ3) is 3.82. The monoisotopic (exact) mass is 375 g/mol. The van der Waals surface area contributed by atoms with Gasteiger partial charge in [0, 0.05) is 11.3 Å². The third-order valence-corrected chi connectivity index (χ3v) is 6.52. The topological polar surface area (TPSA) is 58.8 Å². The van der Waals surface area contributed by atoms with Crippen LogP contribution in [0.1, 0.15) is 50.8 Å². The van der Waals surface area contributed by atoms with E-state index >= 15 is 0 Å². The van der Waals surface area contributed by atoms with Crippen molar-refractivity contribution in [2.75, 3.05) is 26.2 Å². The molecule has 3 N–H and O–H groups in total. The van der Waals surface area contributed by atoms with Crippen molar-refractivity contribution in [3.8, 4) is 0 Å². The van der Waals surface area contributed by atoms with Gasteiger partial charge in [-0.1, -0.05) is 6.07 Å². The molecule has 3 heterocycles. The number of aromatic amines is 1. The molecular formula is C20H29N3O2S+2. The summed E-state index contributed by atoms with van der Waals surface area (Å²) in [6.07, 6.45) is 0. The maximum Gasteiger partial charge on any atom is 0.235 e. The van der Waals surface area contributed by atoms with E-state index in [1.807, 2.05) is 32.1 Å². The van der Waals surface area contributed by atoms with E-state index in [0.29, 0.717) is 11.3 Å². The van der Waals surface area contributed by atoms with Crippen LogP contribution >= 0.6 is 11.3 Å². The number of quaternary nitrogens is 2. The van der Waals surface area contributed by atoms with Crippen LogP contribution in [0.25, 0.3) is 0 Å². The number of hydrogen-bond acceptors (Lipinski definition) is 3. The number of piperazine rings is 1. The van der Waals surface area contributed by atoms with Crippen LogP contribution in [0.3, 0.4) is 0 Å². The van der Waals surface area contributed by atoms with Gasteiger partial charge in [-0.3, -0.25) is 9.59 Å². The fourth-order valence-electron chi connectivity index (χ4n) is 4.12. The first kappa shape index (κ1) is 19.0. The van der Waals surface area contributed by atoms with Crippen molar-refractivity contribution in [1.29, 1.82) is 0 Å². The van der Waals surface area contributed by atoms with E-state index < -0.39 is 0 Å². The van der Waals surface area contributed by atoms with Crippen LogP contribution in [0.5, 0.6) is 0 Å². The van der Waals surface area contributed by atoms with E-state index in [2.05, 4.69) is 22.5 Å². The highest BCUT2D eigenvalue weighted by atomic mass is 32.1. The van der Waals surface area contributed by atoms with Gasteiger partial charge in [-0.05, 0) is 44.7 Å². The number of thiophene rings is 1. The fraction of sp³-hybridized carbons (Fsp3) is 0.500. The smallest absolute Gasteiger partial charge is 0.235 e. The molecule has 140 valence electrons. The summed E-state index contributed by atoms with van der Waals surface area (Å²) in [5.74, 6) is 0.135. The van der Waals surface area contributed by atoms with Crippen molar-refractivity contribution in [2.45, 2.75) is 40.3 Å². The van der Waals surface area contributed by atoms with Gasteiger partial charge in [0.1, 0.15) is 32.7 Å². The summed E-state index contributed by atoms with van der Waals surface area (Å²) >= 11 is 1.82. The number of ketones is 2. The van der Waals surface area contributed by atoms with Gasteiger partial charge in [-0.15, -0.1) is 11.3 Å². The molecule has 0 saturated carbocycles. The molecule has 3 rings (SSSR count). The normalized spacial score (nSPS) is 21.5. The molecule has 0 radical (unpaired) electrons. The Morgan fingerprint density at radius 2 is 1.92 bits per heavy atom. The van der Waals surface area contributed by atoms with Gasteiger partial charge in [-0.25, -0.2) is 0 Å². The second kappa shape index (κ2) is 7.86. The maximum absolute atomic E-state index is 13.0. The van der Waals surface area contributed by atoms with Gasteiger partial charge in [0.15, 0.2) is 11.8 Å². The molecule has 1 aliphatic heterocycles. The molecule has 1 fully saturated rings. The molecule has 1 atom stereocenters. The minimum absolute atomic E-state index is 0.0149. The van der Waals surface area contributed by atoms with Gasteiger partial charge in [-0.2, -0.15) is 0 Å². The summed E-state index contributed by atoms with van der Waals surface area (Å²) in [4.78, 5) is 32.4. The molecule has 0 unspecified atom stereocenters. The summed E-state index contributed by atoms with van der Waals surface area (Å²) < 4.78 is 0. The first-order valence-corrected chi connectivity index (χ1v) is 10.2. The Hall–Kier alpha value is -1.76. The van der Waals surface area contributed by atoms with Gasteiger partial charge in [0.2, 0.25) is 5.78 Å². The Morgan fingerprint density at radius 3 is 2.46 bits per heavy atom. The van der Waals surface area contributed by atoms with Gasteiger partial charge in [0.05, 0.1) is 10.6 Å². The Labute approximate surface area is 159 Å². The van der Waals surface area contributed by atoms with Crippen LogP contribution in [-0.4, -0.2) is 48.8 Å². The molecule has 0 aromatic carbocycles. The molecule has 2 aromatic rings. The zero-order chi connectivity index (χ0) is 18.8. The SMILES string of the molecule is CC(=O)c1c(C)[nH]c(C(=O)[C@@H](C)[NH+]2CC[NH+](Cc3cccs3)CC2)c1C. The third-order valence-electron chi connectivity index (χ3n) is 5.65. The molecule has 6 heteroatoms. The van der Waals surface area contributed by atoms with Crippen molar-refractivity contribution in [3.63, 3.8) is 0 Å². The minimum Gasteiger partial charge on any atom is -0.355 e. The summed E-state index contributed by atoms with van der Waals surface area (Å²) in [6, 6.07) is 4.22. The van der Waals surface area contributed by atoms with Crippen LogP contribution < -0.4 is 9.80 Å². The molecule has 0 spiro atoms. The highest BCUT2D eigenvalue weighted by Gasteiger charge is 2.33. The summed E-state index contributed by atoms with van der Waals surface area (Å²) in [7, 11) is 0. The van der Waals surface area contributed by atoms with Crippen LogP contribution in [0, 0.1) is 13.8 Å². The highest BCUT2D eigenvalue weighted by molar-refractivity contribution is 7.09. The van der Waals surface area contributed by atoms with Gasteiger partial charge in [0.25, 0.3) is 0 Å². The lowest BCUT2D eigenvalue weighted by molar-refractivity contribution is -1.02. The number of aryl methyl sites for hydroxylation is 1. The number of Topliss-reactive ketones (excluding diaryl/α,β-unsaturated/α-hetero) is 2. The summed E-state index contributed by atoms with van der Waals surface area (Å²) in [5, 5.41) is 2.13. The number of H-pyrrole nitrogens is 1. The van der Waals surface area contributed by atoms with E-state index in [1.54, 1.807) is 11.8 Å². The number of carbonyl (C=O) groups is 2. The number of aromatic nitrogens is 1. The van der Waals surface area contributed by atoms with Crippen molar-refractivity contribution >= 4 is 22.9 Å².